The zero-order valence-corrected chi connectivity index (χ0v) is 20.2. The van der Waals surface area contributed by atoms with Gasteiger partial charge in [0.2, 0.25) is 0 Å². The van der Waals surface area contributed by atoms with Crippen LogP contribution in [0.25, 0.3) is 0 Å². The molecule has 0 bridgehead atoms. The summed E-state index contributed by atoms with van der Waals surface area (Å²) in [6.45, 7) is 25.2. The molecule has 1 heterocycles. The van der Waals surface area contributed by atoms with Crippen molar-refractivity contribution in [3.63, 3.8) is 0 Å². The predicted molar refractivity (Wildman–Crippen MR) is 95.6 cm³/mol. The molecule has 1 fully saturated rings. The molecule has 0 aromatic carbocycles. The van der Waals surface area contributed by atoms with E-state index in [4.69, 9.17) is 0 Å². The summed E-state index contributed by atoms with van der Waals surface area (Å²) in [7, 11) is -2.70. The first-order valence-electron chi connectivity index (χ1n) is 7.59. The van der Waals surface area contributed by atoms with E-state index in [1.54, 1.807) is 0 Å². The van der Waals surface area contributed by atoms with Crippen molar-refractivity contribution >= 4 is 34.4 Å². The summed E-state index contributed by atoms with van der Waals surface area (Å²) < 4.78 is 6.21. The molecule has 0 spiro atoms. The van der Waals surface area contributed by atoms with Crippen LogP contribution in [0.5, 0.6) is 0 Å². The van der Waals surface area contributed by atoms with Crippen LogP contribution in [-0.4, -0.2) is 51.1 Å². The van der Waals surface area contributed by atoms with Gasteiger partial charge in [0.15, 0.2) is 0 Å². The van der Waals surface area contributed by atoms with Crippen molar-refractivity contribution in [2.75, 3.05) is 0 Å². The van der Waals surface area contributed by atoms with Gasteiger partial charge in [0.1, 0.15) is 0 Å². The van der Waals surface area contributed by atoms with Crippen LogP contribution >= 0.6 is 0 Å². The van der Waals surface area contributed by atoms with Gasteiger partial charge in [0.25, 0.3) is 0 Å². The Morgan fingerprint density at radius 2 is 0.842 bits per heavy atom. The van der Waals surface area contributed by atoms with Crippen LogP contribution in [0.15, 0.2) is 0 Å². The zero-order chi connectivity index (χ0) is 15.7. The van der Waals surface area contributed by atoms with Gasteiger partial charge >= 0.3 is 129 Å². The fourth-order valence-electron chi connectivity index (χ4n) is 5.33. The van der Waals surface area contributed by atoms with E-state index in [9.17, 15) is 0 Å². The molecule has 114 valence electrons. The van der Waals surface area contributed by atoms with E-state index >= 15 is 0 Å². The second-order valence-corrected chi connectivity index (χ2v) is 37.7. The van der Waals surface area contributed by atoms with Crippen molar-refractivity contribution in [3.05, 3.63) is 0 Å². The molecular formula is C14H36N2Si2Sn. The number of nitrogens with zero attached hydrogens (tertiary/aromatic N) is 2. The molecule has 1 aliphatic heterocycles. The van der Waals surface area contributed by atoms with Gasteiger partial charge in [0, 0.05) is 0 Å². The molecule has 0 saturated carbocycles. The first kappa shape index (κ1) is 18.2. The molecule has 0 amide bonds. The van der Waals surface area contributed by atoms with Gasteiger partial charge in [-0.15, -0.1) is 0 Å². The maximum atomic E-state index is 3.10. The van der Waals surface area contributed by atoms with Crippen LogP contribution in [0.2, 0.25) is 36.1 Å². The molecule has 5 heteroatoms. The van der Waals surface area contributed by atoms with Crippen molar-refractivity contribution in [3.8, 4) is 0 Å². The molecule has 19 heavy (non-hydrogen) atoms. The van der Waals surface area contributed by atoms with E-state index in [-0.39, 0.29) is 0 Å². The van der Waals surface area contributed by atoms with Crippen molar-refractivity contribution in [1.29, 1.82) is 0 Å². The Kier molecular flexibility index (Phi) is 4.38. The summed E-state index contributed by atoms with van der Waals surface area (Å²) in [4.78, 5) is 5.31. The van der Waals surface area contributed by atoms with E-state index < -0.39 is 34.4 Å². The Bertz CT molecular complexity index is 331. The number of hydrogen-bond donors (Lipinski definition) is 0. The fourth-order valence-corrected chi connectivity index (χ4v) is 78.3. The maximum absolute atomic E-state index is 3.10. The molecule has 0 aliphatic carbocycles. The van der Waals surface area contributed by atoms with E-state index in [0.29, 0.717) is 11.1 Å². The molecule has 0 N–H and O–H groups in total. The second kappa shape index (κ2) is 4.57. The third kappa shape index (κ3) is 2.65. The van der Waals surface area contributed by atoms with Gasteiger partial charge in [-0.1, -0.05) is 0 Å². The third-order valence-corrected chi connectivity index (χ3v) is 52.8. The summed E-state index contributed by atoms with van der Waals surface area (Å²) in [6, 6.07) is 0. The third-order valence-electron chi connectivity index (χ3n) is 5.05. The van der Waals surface area contributed by atoms with Crippen LogP contribution < -0.4 is 0 Å². The van der Waals surface area contributed by atoms with Crippen LogP contribution in [0, 0.1) is 0 Å². The minimum absolute atomic E-state index is 0.333. The van der Waals surface area contributed by atoms with E-state index in [0.717, 1.165) is 0 Å². The molecule has 1 saturated heterocycles. The van der Waals surface area contributed by atoms with E-state index in [1.165, 1.54) is 0 Å². The molecule has 0 aromatic heterocycles. The topological polar surface area (TPSA) is 6.48 Å². The fraction of sp³-hybridized carbons (Fsp3) is 1.00. The SMILES string of the molecule is CC(C)(C)[N]1[Si](C)(C)[Si](C)(C)[N](C(C)(C)C)[Sn]1([CH3])[CH3]. The monoisotopic (exact) mass is 408 g/mol. The Morgan fingerprint density at radius 3 is 0.947 bits per heavy atom. The van der Waals surface area contributed by atoms with Gasteiger partial charge in [-0.25, -0.2) is 0 Å². The van der Waals surface area contributed by atoms with Crippen molar-refractivity contribution in [1.82, 2.24) is 5.57 Å². The molecular weight excluding hydrogens is 371 g/mol. The minimum atomic E-state index is -2.42. The van der Waals surface area contributed by atoms with Crippen molar-refractivity contribution < 1.29 is 0 Å². The van der Waals surface area contributed by atoms with Gasteiger partial charge < -0.3 is 0 Å². The van der Waals surface area contributed by atoms with Gasteiger partial charge in [0.05, 0.1) is 0 Å². The van der Waals surface area contributed by atoms with Gasteiger partial charge in [-0.3, -0.25) is 0 Å². The van der Waals surface area contributed by atoms with Crippen LogP contribution in [0.1, 0.15) is 41.5 Å². The average Bonchev–Trinajstić information content (AvgIpc) is 2.02. The number of rotatable bonds is 0. The first-order valence-corrected chi connectivity index (χ1v) is 22.7. The summed E-state index contributed by atoms with van der Waals surface area (Å²) in [6.07, 6.45) is 0. The van der Waals surface area contributed by atoms with E-state index in [1.807, 2.05) is 0 Å². The Hall–Kier alpha value is 1.15. The van der Waals surface area contributed by atoms with Crippen molar-refractivity contribution in [2.45, 2.75) is 88.7 Å². The van der Waals surface area contributed by atoms with Crippen LogP contribution in [-0.2, 0) is 0 Å². The summed E-state index contributed by atoms with van der Waals surface area (Å²) in [5.41, 5.74) is 0.666. The molecule has 1 aliphatic rings. The van der Waals surface area contributed by atoms with Crippen molar-refractivity contribution in [2.24, 2.45) is 0 Å². The normalized spacial score (nSPS) is 27.8. The van der Waals surface area contributed by atoms with Crippen LogP contribution in [0.3, 0.4) is 0 Å². The Labute approximate surface area is 128 Å². The predicted octanol–water partition coefficient (Wildman–Crippen LogP) is 4.39. The van der Waals surface area contributed by atoms with Gasteiger partial charge in [-0.2, -0.15) is 0 Å². The molecule has 2 nitrogen and oxygen atoms in total. The molecule has 0 aromatic rings. The quantitative estimate of drug-likeness (QED) is 0.550. The summed E-state index contributed by atoms with van der Waals surface area (Å²) in [5, 5.41) is 0. The molecule has 0 atom stereocenters. The summed E-state index contributed by atoms with van der Waals surface area (Å²) >= 11 is -2.42. The molecule has 0 radical (unpaired) electrons. The second-order valence-electron chi connectivity index (χ2n) is 9.62. The zero-order valence-electron chi connectivity index (χ0n) is 15.4. The molecule has 1 rings (SSSR count). The standard InChI is InChI=1S/C12H30N2Si2.2CH3.Sn/c1-11(2,3)13-15(7,8)16(9,10)14-12(4,5)6;;;/h1-10H3;2*1H3;/q-2;;;+2. The summed E-state index contributed by atoms with van der Waals surface area (Å²) in [5.74, 6) is 0. The molecule has 0 unspecified atom stereocenters. The van der Waals surface area contributed by atoms with E-state index in [2.05, 4.69) is 83.2 Å². The van der Waals surface area contributed by atoms with Crippen LogP contribution in [0.4, 0.5) is 0 Å². The van der Waals surface area contributed by atoms with Gasteiger partial charge in [-0.05, 0) is 0 Å². The Morgan fingerprint density at radius 1 is 0.632 bits per heavy atom. The number of hydrogen-bond acceptors (Lipinski definition) is 2. The Balaban J connectivity index is 3.56. The average molecular weight is 407 g/mol. The first-order chi connectivity index (χ1) is 7.98.